The molecule has 0 radical (unpaired) electrons. The minimum Gasteiger partial charge on any atom is -0.464 e. The average molecular weight is 514 g/mol. The number of hydrogen-bond donors (Lipinski definition) is 2. The number of carbonyl (C=O) groups is 2. The Bertz CT molecular complexity index is 1070. The summed E-state index contributed by atoms with van der Waals surface area (Å²) in [5.41, 5.74) is 1.68. The van der Waals surface area contributed by atoms with Crippen LogP contribution in [0.4, 0.5) is 22.4 Å². The maximum atomic E-state index is 14.8. The minimum absolute atomic E-state index is 0.0123. The molecule has 12 heteroatoms. The van der Waals surface area contributed by atoms with Crippen molar-refractivity contribution in [3.63, 3.8) is 0 Å². The smallest absolute Gasteiger partial charge is 0.425 e. The molecule has 2 amide bonds. The van der Waals surface area contributed by atoms with Crippen LogP contribution >= 0.6 is 34.8 Å². The Balaban J connectivity index is 2.42. The van der Waals surface area contributed by atoms with E-state index in [1.165, 1.54) is 13.0 Å². The standard InChI is InChI=1S/C20H15Cl3F4N2O3/c1-9-5-10(3-4-12(9)18(30)28-29(2)19(31)32)16(24)8-13(20(25,26)27)11-6-14(21)17(23)15(22)7-11/h3-8,13H,1-2H3,(H,28,30)(H,31,32). The molecule has 0 aliphatic carbocycles. The third-order valence-corrected chi connectivity index (χ3v) is 5.53. The molecule has 32 heavy (non-hydrogen) atoms. The Morgan fingerprint density at radius 2 is 1.69 bits per heavy atom. The summed E-state index contributed by atoms with van der Waals surface area (Å²) >= 11 is 17.4. The Hall–Kier alpha value is -2.49. The number of alkyl halides is 3. The third-order valence-electron chi connectivity index (χ3n) is 4.33. The lowest BCUT2D eigenvalue weighted by atomic mass is 9.95. The molecule has 2 aromatic carbocycles. The quantitative estimate of drug-likeness (QED) is 0.266. The van der Waals surface area contributed by atoms with Crippen molar-refractivity contribution in [2.24, 2.45) is 0 Å². The fourth-order valence-electron chi connectivity index (χ4n) is 2.70. The second-order valence-electron chi connectivity index (χ2n) is 6.64. The van der Waals surface area contributed by atoms with E-state index < -0.39 is 35.5 Å². The van der Waals surface area contributed by atoms with Gasteiger partial charge in [0.05, 0.1) is 15.1 Å². The first kappa shape index (κ1) is 25.8. The molecule has 2 aromatic rings. The number of nitrogens with one attached hydrogen (secondary N) is 1. The average Bonchev–Trinajstić information content (AvgIpc) is 2.68. The number of benzene rings is 2. The zero-order chi connectivity index (χ0) is 24.4. The van der Waals surface area contributed by atoms with E-state index in [0.717, 1.165) is 31.3 Å². The van der Waals surface area contributed by atoms with E-state index in [4.69, 9.17) is 39.9 Å². The molecule has 0 saturated heterocycles. The molecule has 0 saturated carbocycles. The fraction of sp³-hybridized carbons (Fsp3) is 0.200. The number of hydrogen-bond acceptors (Lipinski definition) is 2. The molecule has 0 heterocycles. The van der Waals surface area contributed by atoms with Crippen LogP contribution in [0, 0.1) is 6.92 Å². The van der Waals surface area contributed by atoms with Gasteiger partial charge in [0.15, 0.2) is 0 Å². The topological polar surface area (TPSA) is 69.6 Å². The Morgan fingerprint density at radius 1 is 1.12 bits per heavy atom. The number of carboxylic acid groups (broad SMARTS) is 1. The van der Waals surface area contributed by atoms with Gasteiger partial charge in [0.1, 0.15) is 11.7 Å². The summed E-state index contributed by atoms with van der Waals surface area (Å²) in [6.45, 7) is 1.42. The zero-order valence-electron chi connectivity index (χ0n) is 16.4. The molecule has 0 spiro atoms. The van der Waals surface area contributed by atoms with Crippen molar-refractivity contribution in [1.29, 1.82) is 0 Å². The van der Waals surface area contributed by atoms with Gasteiger partial charge in [-0.05, 0) is 48.4 Å². The van der Waals surface area contributed by atoms with E-state index in [0.29, 0.717) is 11.1 Å². The lowest BCUT2D eigenvalue weighted by Crippen LogP contribution is -2.42. The summed E-state index contributed by atoms with van der Waals surface area (Å²) in [5.74, 6) is -4.36. The van der Waals surface area contributed by atoms with Gasteiger partial charge in [0.2, 0.25) is 0 Å². The first-order chi connectivity index (χ1) is 14.7. The van der Waals surface area contributed by atoms with E-state index in [9.17, 15) is 27.2 Å². The first-order valence-corrected chi connectivity index (χ1v) is 9.83. The summed E-state index contributed by atoms with van der Waals surface area (Å²) in [4.78, 5) is 22.9. The van der Waals surface area contributed by atoms with Crippen LogP contribution in [0.2, 0.25) is 15.1 Å². The van der Waals surface area contributed by atoms with Gasteiger partial charge in [-0.3, -0.25) is 10.2 Å². The van der Waals surface area contributed by atoms with E-state index in [1.54, 1.807) is 0 Å². The molecular weight excluding hydrogens is 499 g/mol. The second-order valence-corrected chi connectivity index (χ2v) is 7.84. The second kappa shape index (κ2) is 9.97. The van der Waals surface area contributed by atoms with Gasteiger partial charge in [0.25, 0.3) is 5.91 Å². The Morgan fingerprint density at radius 3 is 2.16 bits per heavy atom. The molecule has 0 aromatic heterocycles. The monoisotopic (exact) mass is 512 g/mol. The summed E-state index contributed by atoms with van der Waals surface area (Å²) < 4.78 is 55.7. The van der Waals surface area contributed by atoms with Gasteiger partial charge in [-0.2, -0.15) is 13.2 Å². The molecule has 1 atom stereocenters. The lowest BCUT2D eigenvalue weighted by molar-refractivity contribution is -0.139. The molecule has 2 N–H and O–H groups in total. The highest BCUT2D eigenvalue weighted by molar-refractivity contribution is 6.48. The molecule has 0 fully saturated rings. The largest absolute Gasteiger partial charge is 0.464 e. The van der Waals surface area contributed by atoms with Crippen LogP contribution in [0.15, 0.2) is 36.4 Å². The number of halogens is 7. The van der Waals surface area contributed by atoms with Gasteiger partial charge in [-0.25, -0.2) is 14.2 Å². The molecule has 172 valence electrons. The van der Waals surface area contributed by atoms with Crippen molar-refractivity contribution in [2.45, 2.75) is 19.0 Å². The first-order valence-electron chi connectivity index (χ1n) is 8.69. The number of hydrazine groups is 1. The van der Waals surface area contributed by atoms with Crippen LogP contribution in [0.3, 0.4) is 0 Å². The Kier molecular flexibility index (Phi) is 8.03. The molecule has 5 nitrogen and oxygen atoms in total. The van der Waals surface area contributed by atoms with E-state index in [2.05, 4.69) is 5.43 Å². The highest BCUT2D eigenvalue weighted by Crippen LogP contribution is 2.42. The van der Waals surface area contributed by atoms with Gasteiger partial charge in [-0.1, -0.05) is 40.9 Å². The molecule has 0 aliphatic rings. The van der Waals surface area contributed by atoms with Gasteiger partial charge < -0.3 is 5.11 Å². The van der Waals surface area contributed by atoms with E-state index >= 15 is 0 Å². The number of nitrogens with zero attached hydrogens (tertiary/aromatic N) is 1. The predicted octanol–water partition coefficient (Wildman–Crippen LogP) is 6.87. The Labute approximate surface area is 195 Å². The minimum atomic E-state index is -4.87. The summed E-state index contributed by atoms with van der Waals surface area (Å²) in [6, 6.07) is 5.34. The van der Waals surface area contributed by atoms with Crippen molar-refractivity contribution in [3.8, 4) is 0 Å². The molecule has 1 unspecified atom stereocenters. The summed E-state index contributed by atoms with van der Waals surface area (Å²) in [5, 5.41) is 8.76. The van der Waals surface area contributed by atoms with E-state index in [1.807, 2.05) is 0 Å². The van der Waals surface area contributed by atoms with Gasteiger partial charge in [-0.15, -0.1) is 0 Å². The number of carbonyl (C=O) groups excluding carboxylic acids is 1. The molecule has 0 aliphatic heterocycles. The van der Waals surface area contributed by atoms with Crippen LogP contribution in [-0.2, 0) is 0 Å². The molecule has 2 rings (SSSR count). The third kappa shape index (κ3) is 6.05. The number of amides is 2. The maximum absolute atomic E-state index is 14.8. The van der Waals surface area contributed by atoms with Crippen LogP contribution in [0.5, 0.6) is 0 Å². The SMILES string of the molecule is Cc1cc(C(F)=CC(c2cc(Cl)c(Cl)c(Cl)c2)C(F)(F)F)ccc1C(=O)NN(C)C(=O)O. The predicted molar refractivity (Wildman–Crippen MR) is 114 cm³/mol. The number of allylic oxidation sites excluding steroid dienone is 1. The summed E-state index contributed by atoms with van der Waals surface area (Å²) in [6.07, 6.45) is -5.92. The van der Waals surface area contributed by atoms with Gasteiger partial charge >= 0.3 is 12.3 Å². The van der Waals surface area contributed by atoms with Crippen LogP contribution in [0.25, 0.3) is 5.83 Å². The van der Waals surface area contributed by atoms with Crippen LogP contribution < -0.4 is 5.43 Å². The molecular formula is C20H15Cl3F4N2O3. The van der Waals surface area contributed by atoms with E-state index in [-0.39, 0.29) is 31.8 Å². The van der Waals surface area contributed by atoms with Gasteiger partial charge in [0, 0.05) is 18.2 Å². The fourth-order valence-corrected chi connectivity index (χ4v) is 3.32. The summed E-state index contributed by atoms with van der Waals surface area (Å²) in [7, 11) is 1.10. The molecule has 0 bridgehead atoms. The van der Waals surface area contributed by atoms with Crippen molar-refractivity contribution in [2.75, 3.05) is 7.05 Å². The number of aryl methyl sites for hydroxylation is 1. The van der Waals surface area contributed by atoms with Crippen molar-refractivity contribution in [1.82, 2.24) is 10.4 Å². The van der Waals surface area contributed by atoms with Crippen molar-refractivity contribution in [3.05, 3.63) is 73.7 Å². The van der Waals surface area contributed by atoms with Crippen LogP contribution in [0.1, 0.15) is 33.0 Å². The lowest BCUT2D eigenvalue weighted by Gasteiger charge is -2.19. The highest BCUT2D eigenvalue weighted by atomic mass is 35.5. The highest BCUT2D eigenvalue weighted by Gasteiger charge is 2.40. The van der Waals surface area contributed by atoms with Crippen molar-refractivity contribution < 1.29 is 32.3 Å². The normalized spacial score (nSPS) is 13.0. The van der Waals surface area contributed by atoms with Crippen molar-refractivity contribution >= 4 is 52.6 Å². The zero-order valence-corrected chi connectivity index (χ0v) is 18.7. The number of rotatable bonds is 4. The van der Waals surface area contributed by atoms with Crippen LogP contribution in [-0.4, -0.2) is 35.3 Å². The maximum Gasteiger partial charge on any atom is 0.425 e.